The molecule has 3 rings (SSSR count). The Morgan fingerprint density at radius 2 is 1.30 bits per heavy atom. The fraction of sp³-hybridized carbons (Fsp3) is 0.452. The Labute approximate surface area is 236 Å². The number of rotatable bonds is 18. The Bertz CT molecular complexity index is 1170. The van der Waals surface area contributed by atoms with Gasteiger partial charge < -0.3 is 29.2 Å². The molecule has 0 saturated carbocycles. The van der Waals surface area contributed by atoms with Gasteiger partial charge in [0.15, 0.2) is 0 Å². The van der Waals surface area contributed by atoms with Gasteiger partial charge in [-0.2, -0.15) is 0 Å². The Morgan fingerprint density at radius 3 is 2.00 bits per heavy atom. The molecular weight excluding hydrogens is 512 g/mol. The number of nitrogens with one attached hydrogen (secondary N) is 1. The van der Waals surface area contributed by atoms with E-state index < -0.39 is 0 Å². The third-order valence-corrected chi connectivity index (χ3v) is 6.02. The van der Waals surface area contributed by atoms with Crippen LogP contribution in [-0.2, 0) is 39.9 Å². The minimum atomic E-state index is -0.198. The summed E-state index contributed by atoms with van der Waals surface area (Å²) in [5.74, 6) is 6.17. The van der Waals surface area contributed by atoms with E-state index >= 15 is 0 Å². The summed E-state index contributed by atoms with van der Waals surface area (Å²) in [4.78, 5) is 38.0. The number of carbonyl (C=O) groups excluding carboxylic acids is 3. The predicted octanol–water partition coefficient (Wildman–Crippen LogP) is 2.87. The molecule has 2 aromatic carbocycles. The summed E-state index contributed by atoms with van der Waals surface area (Å²) in [6, 6.07) is 15.4. The number of para-hydroxylation sites is 1. The summed E-state index contributed by atoms with van der Waals surface area (Å²) in [6.45, 7) is 5.70. The van der Waals surface area contributed by atoms with E-state index in [4.69, 9.17) is 18.9 Å². The highest BCUT2D eigenvalue weighted by molar-refractivity contribution is 5.96. The van der Waals surface area contributed by atoms with Gasteiger partial charge in [0.1, 0.15) is 5.78 Å². The Morgan fingerprint density at radius 1 is 0.725 bits per heavy atom. The van der Waals surface area contributed by atoms with Crippen LogP contribution in [0.2, 0.25) is 0 Å². The van der Waals surface area contributed by atoms with Crippen molar-refractivity contribution in [2.75, 3.05) is 64.3 Å². The Balaban J connectivity index is 1.25. The van der Waals surface area contributed by atoms with Crippen molar-refractivity contribution in [2.24, 2.45) is 0 Å². The van der Waals surface area contributed by atoms with E-state index in [9.17, 15) is 14.4 Å². The molecule has 0 radical (unpaired) electrons. The first-order valence-corrected chi connectivity index (χ1v) is 13.6. The lowest BCUT2D eigenvalue weighted by Crippen LogP contribution is -2.34. The summed E-state index contributed by atoms with van der Waals surface area (Å²) in [7, 11) is 0. The van der Waals surface area contributed by atoms with E-state index in [2.05, 4.69) is 17.2 Å². The minimum absolute atomic E-state index is 0.0930. The topological polar surface area (TPSA) is 103 Å². The third kappa shape index (κ3) is 11.3. The maximum atomic E-state index is 13.2. The van der Waals surface area contributed by atoms with E-state index in [1.807, 2.05) is 48.5 Å². The number of carbonyl (C=O) groups is 3. The second kappa shape index (κ2) is 17.9. The van der Waals surface area contributed by atoms with Gasteiger partial charge in [0.25, 0.3) is 0 Å². The monoisotopic (exact) mass is 550 g/mol. The molecule has 9 nitrogen and oxygen atoms in total. The molecule has 2 aromatic rings. The van der Waals surface area contributed by atoms with Crippen molar-refractivity contribution in [3.05, 3.63) is 65.2 Å². The zero-order chi connectivity index (χ0) is 28.4. The summed E-state index contributed by atoms with van der Waals surface area (Å²) >= 11 is 0. The van der Waals surface area contributed by atoms with E-state index in [0.717, 1.165) is 22.4 Å². The van der Waals surface area contributed by atoms with Gasteiger partial charge in [-0.3, -0.25) is 14.4 Å². The number of hydrogen-bond donors (Lipinski definition) is 1. The number of hydrogen-bond acceptors (Lipinski definition) is 7. The van der Waals surface area contributed by atoms with Crippen LogP contribution in [0.4, 0.5) is 5.69 Å². The lowest BCUT2D eigenvalue weighted by atomic mass is 10.0. The summed E-state index contributed by atoms with van der Waals surface area (Å²) < 4.78 is 21.6. The number of ketones is 1. The van der Waals surface area contributed by atoms with E-state index in [0.29, 0.717) is 72.4 Å². The Hall–Kier alpha value is -3.55. The van der Waals surface area contributed by atoms with Crippen LogP contribution in [0.25, 0.3) is 0 Å². The fourth-order valence-electron chi connectivity index (χ4n) is 3.89. The van der Waals surface area contributed by atoms with Crippen molar-refractivity contribution in [2.45, 2.75) is 32.7 Å². The van der Waals surface area contributed by atoms with Crippen LogP contribution in [-0.4, -0.2) is 77.0 Å². The fourth-order valence-corrected chi connectivity index (χ4v) is 3.89. The van der Waals surface area contributed by atoms with Crippen LogP contribution in [0.3, 0.4) is 0 Å². The second-order valence-electron chi connectivity index (χ2n) is 9.16. The molecule has 1 heterocycles. The summed E-state index contributed by atoms with van der Waals surface area (Å²) in [5.41, 5.74) is 3.42. The molecule has 0 bridgehead atoms. The molecule has 214 valence electrons. The average molecular weight is 551 g/mol. The molecule has 0 saturated heterocycles. The first-order valence-electron chi connectivity index (χ1n) is 13.6. The summed E-state index contributed by atoms with van der Waals surface area (Å²) in [5, 5.41) is 2.80. The van der Waals surface area contributed by atoms with Crippen LogP contribution in [0.5, 0.6) is 0 Å². The van der Waals surface area contributed by atoms with Crippen molar-refractivity contribution < 1.29 is 33.3 Å². The molecule has 0 spiro atoms. The maximum Gasteiger partial charge on any atom is 0.227 e. The normalized spacial score (nSPS) is 11.9. The van der Waals surface area contributed by atoms with E-state index in [-0.39, 0.29) is 30.4 Å². The van der Waals surface area contributed by atoms with Crippen LogP contribution < -0.4 is 10.2 Å². The van der Waals surface area contributed by atoms with Crippen molar-refractivity contribution in [1.29, 1.82) is 0 Å². The van der Waals surface area contributed by atoms with Crippen molar-refractivity contribution >= 4 is 23.3 Å². The van der Waals surface area contributed by atoms with Gasteiger partial charge in [0.2, 0.25) is 11.8 Å². The quantitative estimate of drug-likeness (QED) is 0.225. The van der Waals surface area contributed by atoms with Gasteiger partial charge in [-0.15, -0.1) is 0 Å². The lowest BCUT2D eigenvalue weighted by Gasteiger charge is -2.26. The minimum Gasteiger partial charge on any atom is -0.379 e. The second-order valence-corrected chi connectivity index (χ2v) is 9.16. The zero-order valence-electron chi connectivity index (χ0n) is 23.1. The SMILES string of the molecule is CC(=O)CCOCCOCCOCCOCCNC(=O)CCC(=O)N1Cc2ccccc2C#Cc2ccccc21. The molecule has 0 aliphatic carbocycles. The number of amides is 2. The molecule has 0 atom stereocenters. The largest absolute Gasteiger partial charge is 0.379 e. The van der Waals surface area contributed by atoms with Crippen molar-refractivity contribution in [3.8, 4) is 11.8 Å². The van der Waals surface area contributed by atoms with Gasteiger partial charge in [0.05, 0.1) is 65.1 Å². The van der Waals surface area contributed by atoms with Crippen LogP contribution in [0.15, 0.2) is 48.5 Å². The number of anilines is 1. The molecule has 0 fully saturated rings. The molecule has 1 N–H and O–H groups in total. The van der Waals surface area contributed by atoms with Gasteiger partial charge in [-0.05, 0) is 30.7 Å². The molecular formula is C31H38N2O7. The summed E-state index contributed by atoms with van der Waals surface area (Å²) in [6.07, 6.45) is 0.611. The first kappa shape index (κ1) is 31.0. The number of ether oxygens (including phenoxy) is 4. The molecule has 1 aliphatic heterocycles. The number of nitrogens with zero attached hydrogens (tertiary/aromatic N) is 1. The smallest absolute Gasteiger partial charge is 0.227 e. The Kier molecular flexibility index (Phi) is 13.9. The van der Waals surface area contributed by atoms with Gasteiger partial charge in [0, 0.05) is 36.9 Å². The average Bonchev–Trinajstić information content (AvgIpc) is 2.95. The highest BCUT2D eigenvalue weighted by Gasteiger charge is 2.21. The van der Waals surface area contributed by atoms with Gasteiger partial charge in [-0.25, -0.2) is 0 Å². The molecule has 0 aromatic heterocycles. The highest BCUT2D eigenvalue weighted by Crippen LogP contribution is 2.26. The number of benzene rings is 2. The van der Waals surface area contributed by atoms with Gasteiger partial charge >= 0.3 is 0 Å². The van der Waals surface area contributed by atoms with Crippen LogP contribution in [0.1, 0.15) is 42.9 Å². The van der Waals surface area contributed by atoms with Crippen molar-refractivity contribution in [3.63, 3.8) is 0 Å². The van der Waals surface area contributed by atoms with Gasteiger partial charge in [-0.1, -0.05) is 42.2 Å². The standard InChI is InChI=1S/C31H38N2O7/c1-25(34)14-16-37-18-20-39-22-23-40-21-19-38-17-15-32-30(35)12-13-31(36)33-24-28-8-3-2-6-26(28)10-11-27-7-4-5-9-29(27)33/h2-9H,12-24H2,1H3,(H,32,35). The maximum absolute atomic E-state index is 13.2. The van der Waals surface area contributed by atoms with Crippen LogP contribution in [0, 0.1) is 11.8 Å². The van der Waals surface area contributed by atoms with Crippen molar-refractivity contribution in [1.82, 2.24) is 5.32 Å². The number of fused-ring (bicyclic) bond motifs is 2. The molecule has 2 amide bonds. The zero-order valence-corrected chi connectivity index (χ0v) is 23.1. The molecule has 9 heteroatoms. The highest BCUT2D eigenvalue weighted by atomic mass is 16.6. The van der Waals surface area contributed by atoms with E-state index in [1.54, 1.807) is 4.90 Å². The predicted molar refractivity (Wildman–Crippen MR) is 151 cm³/mol. The molecule has 1 aliphatic rings. The molecule has 0 unspecified atom stereocenters. The first-order chi connectivity index (χ1) is 19.5. The third-order valence-electron chi connectivity index (χ3n) is 6.02. The number of Topliss-reactive ketones (excluding diaryl/α,β-unsaturated/α-hetero) is 1. The van der Waals surface area contributed by atoms with Crippen LogP contribution >= 0.6 is 0 Å². The lowest BCUT2D eigenvalue weighted by molar-refractivity contribution is -0.125. The molecule has 40 heavy (non-hydrogen) atoms. The van der Waals surface area contributed by atoms with E-state index in [1.165, 1.54) is 6.92 Å².